The molecule has 0 aromatic carbocycles. The number of carbonyl (C=O) groups is 4. The Bertz CT molecular complexity index is 1310. The van der Waals surface area contributed by atoms with Gasteiger partial charge in [0.1, 0.15) is 6.10 Å². The summed E-state index contributed by atoms with van der Waals surface area (Å²) >= 11 is 0. The molecule has 4 fully saturated rings. The number of carboxylic acid groups (broad SMARTS) is 2. The van der Waals surface area contributed by atoms with E-state index in [2.05, 4.69) is 41.5 Å². The van der Waals surface area contributed by atoms with Crippen LogP contribution in [0.1, 0.15) is 133 Å². The maximum absolute atomic E-state index is 14.5. The third kappa shape index (κ3) is 6.62. The molecule has 0 saturated heterocycles. The van der Waals surface area contributed by atoms with E-state index in [9.17, 15) is 29.4 Å². The van der Waals surface area contributed by atoms with Crippen LogP contribution in [0.15, 0.2) is 11.6 Å². The Morgan fingerprint density at radius 2 is 1.48 bits per heavy atom. The first kappa shape index (κ1) is 41.5. The van der Waals surface area contributed by atoms with Gasteiger partial charge in [-0.05, 0) is 109 Å². The minimum atomic E-state index is -1.18. The van der Waals surface area contributed by atoms with Gasteiger partial charge < -0.3 is 24.5 Å². The predicted octanol–water partition coefficient (Wildman–Crippen LogP) is -0.807. The van der Waals surface area contributed by atoms with Crippen molar-refractivity contribution in [1.82, 2.24) is 0 Å². The van der Waals surface area contributed by atoms with E-state index in [0.717, 1.165) is 38.5 Å². The molecule has 0 radical (unpaired) electrons. The average Bonchev–Trinajstić information content (AvgIpc) is 2.86. The number of aliphatic carboxylic acids is 2. The summed E-state index contributed by atoms with van der Waals surface area (Å²) in [5.41, 5.74) is -1.56. The van der Waals surface area contributed by atoms with Crippen LogP contribution in [0.2, 0.25) is 0 Å². The smallest absolute Gasteiger partial charge is 0.550 e. The maximum atomic E-state index is 14.5. The van der Waals surface area contributed by atoms with Gasteiger partial charge in [-0.3, -0.25) is 9.59 Å². The molecule has 5 aliphatic rings. The summed E-state index contributed by atoms with van der Waals surface area (Å²) in [6, 6.07) is 0. The Kier molecular flexibility index (Phi) is 12.3. The number of carboxylic acids is 2. The zero-order valence-electron chi connectivity index (χ0n) is 30.5. The fourth-order valence-electron chi connectivity index (χ4n) is 11.6. The largest absolute Gasteiger partial charge is 1.00 e. The van der Waals surface area contributed by atoms with Gasteiger partial charge in [-0.15, -0.1) is 0 Å². The average molecular weight is 689 g/mol. The van der Waals surface area contributed by atoms with Gasteiger partial charge in [0.15, 0.2) is 5.78 Å². The molecule has 0 aromatic rings. The van der Waals surface area contributed by atoms with Crippen molar-refractivity contribution in [3.63, 3.8) is 0 Å². The molecular weight excluding hydrogens is 635 g/mol. The van der Waals surface area contributed by atoms with Gasteiger partial charge in [0.05, 0.1) is 6.42 Å². The van der Waals surface area contributed by atoms with Gasteiger partial charge >= 0.3 is 109 Å². The fraction of sp³-hybridized carbons (Fsp3) is 0.838. The number of carbonyl (C=O) groups excluding carboxylic acids is 4. The summed E-state index contributed by atoms with van der Waals surface area (Å²) < 4.78 is 6.12. The van der Waals surface area contributed by atoms with E-state index >= 15 is 0 Å². The van der Waals surface area contributed by atoms with E-state index in [1.54, 1.807) is 13.8 Å². The first-order valence-corrected chi connectivity index (χ1v) is 16.9. The monoisotopic (exact) mass is 688 g/mol. The molecular formula is C37H54K2O7. The normalized spacial score (nSPS) is 42.7. The van der Waals surface area contributed by atoms with Gasteiger partial charge in [-0.1, -0.05) is 67.9 Å². The van der Waals surface area contributed by atoms with E-state index in [4.69, 9.17) is 4.74 Å². The minimum Gasteiger partial charge on any atom is -0.550 e. The zero-order chi connectivity index (χ0) is 32.9. The summed E-state index contributed by atoms with van der Waals surface area (Å²) in [6.07, 6.45) is 8.72. The number of ketones is 1. The molecule has 5 aliphatic carbocycles. The van der Waals surface area contributed by atoms with Crippen LogP contribution in [0, 0.1) is 55.7 Å². The Morgan fingerprint density at radius 3 is 2.07 bits per heavy atom. The number of hydrogen-bond acceptors (Lipinski definition) is 7. The quantitative estimate of drug-likeness (QED) is 0.264. The summed E-state index contributed by atoms with van der Waals surface area (Å²) in [7, 11) is 0. The number of ether oxygens (including phenoxy) is 1. The maximum Gasteiger partial charge on any atom is 1.00 e. The summed E-state index contributed by atoms with van der Waals surface area (Å²) in [4.78, 5) is 51.0. The van der Waals surface area contributed by atoms with Gasteiger partial charge in [0.25, 0.3) is 0 Å². The number of hydrogen-bond donors (Lipinski definition) is 0. The van der Waals surface area contributed by atoms with Crippen molar-refractivity contribution < 1.29 is 137 Å². The van der Waals surface area contributed by atoms with Crippen molar-refractivity contribution in [2.24, 2.45) is 55.7 Å². The minimum absolute atomic E-state index is 0. The van der Waals surface area contributed by atoms with Crippen molar-refractivity contribution in [2.45, 2.75) is 139 Å². The molecule has 4 saturated carbocycles. The van der Waals surface area contributed by atoms with Crippen molar-refractivity contribution in [3.05, 3.63) is 11.6 Å². The molecule has 246 valence electrons. The van der Waals surface area contributed by atoms with Crippen LogP contribution >= 0.6 is 0 Å². The predicted molar refractivity (Wildman–Crippen MR) is 162 cm³/mol. The van der Waals surface area contributed by atoms with Gasteiger partial charge in [0, 0.05) is 28.7 Å². The standard InChI is InChI=1S/C37H56O7.2K/c1-31(2,20-27(39)40)21-28(41)44-26-11-12-35(7)25(32(26,3)4)10-13-37(9)29(35)24(38)18-22-23-19-34(6,30(42)43)15-14-33(23,5)16-17-36(22,37)8;;/h18,23,25-26,29H,10-17,19-21H2,1-9H3,(H,39,40)(H,42,43);;/q;2*+1/p-2/t23-,25-,26-,29+,33+,34-,35-,36+,37+;;/m0../s1. The number of esters is 1. The Labute approximate surface area is 361 Å². The van der Waals surface area contributed by atoms with Crippen LogP contribution in [-0.2, 0) is 23.9 Å². The number of rotatable bonds is 6. The third-order valence-corrected chi connectivity index (χ3v) is 14.5. The summed E-state index contributed by atoms with van der Waals surface area (Å²) in [6.45, 7) is 19.0. The van der Waals surface area contributed by atoms with Crippen molar-refractivity contribution in [3.8, 4) is 0 Å². The van der Waals surface area contributed by atoms with Crippen LogP contribution in [0.4, 0.5) is 0 Å². The van der Waals surface area contributed by atoms with Crippen LogP contribution < -0.4 is 113 Å². The van der Waals surface area contributed by atoms with E-state index in [-0.39, 0.29) is 178 Å². The van der Waals surface area contributed by atoms with Crippen molar-refractivity contribution >= 4 is 23.7 Å². The Hall–Kier alpha value is 1.09. The van der Waals surface area contributed by atoms with Crippen LogP contribution in [-0.4, -0.2) is 29.8 Å². The SMILES string of the molecule is CC(C)(CC(=O)[O-])CC(=O)O[C@H]1CC[C@]2(C)[C@H]3C(=O)C=C4[C@@H]5C[C@@](C)(C(=O)[O-])CC[C@]5(C)CC[C@@]4(C)[C@]3(C)CC[C@H]2C1(C)C.[K+].[K+]. The molecule has 0 unspecified atom stereocenters. The molecule has 46 heavy (non-hydrogen) atoms. The summed E-state index contributed by atoms with van der Waals surface area (Å²) in [5.74, 6) is -2.29. The second-order valence-corrected chi connectivity index (χ2v) is 18.3. The van der Waals surface area contributed by atoms with E-state index in [1.165, 1.54) is 5.57 Å². The molecule has 9 atom stereocenters. The Morgan fingerprint density at radius 1 is 0.870 bits per heavy atom. The molecule has 5 rings (SSSR count). The van der Waals surface area contributed by atoms with E-state index in [0.29, 0.717) is 19.3 Å². The molecule has 7 nitrogen and oxygen atoms in total. The van der Waals surface area contributed by atoms with Gasteiger partial charge in [-0.25, -0.2) is 0 Å². The van der Waals surface area contributed by atoms with Gasteiger partial charge in [0.2, 0.25) is 0 Å². The van der Waals surface area contributed by atoms with Crippen LogP contribution in [0.3, 0.4) is 0 Å². The first-order chi connectivity index (χ1) is 20.0. The summed E-state index contributed by atoms with van der Waals surface area (Å²) in [5, 5.41) is 23.4. The first-order valence-electron chi connectivity index (χ1n) is 16.9. The molecule has 0 bridgehead atoms. The van der Waals surface area contributed by atoms with Crippen LogP contribution in [0.25, 0.3) is 0 Å². The van der Waals surface area contributed by atoms with Gasteiger partial charge in [-0.2, -0.15) is 0 Å². The molecule has 0 N–H and O–H groups in total. The zero-order valence-corrected chi connectivity index (χ0v) is 36.8. The molecule has 0 aromatic heterocycles. The molecule has 0 amide bonds. The second-order valence-electron chi connectivity index (χ2n) is 18.3. The second kappa shape index (κ2) is 13.6. The molecule has 0 aliphatic heterocycles. The van der Waals surface area contributed by atoms with Crippen molar-refractivity contribution in [2.75, 3.05) is 0 Å². The third-order valence-electron chi connectivity index (χ3n) is 14.5. The topological polar surface area (TPSA) is 124 Å². The van der Waals surface area contributed by atoms with E-state index < -0.39 is 22.8 Å². The van der Waals surface area contributed by atoms with Crippen LogP contribution in [0.5, 0.6) is 0 Å². The Balaban J connectivity index is 0.00000288. The van der Waals surface area contributed by atoms with Crippen molar-refractivity contribution in [1.29, 1.82) is 0 Å². The molecule has 0 spiro atoms. The number of fused-ring (bicyclic) bond motifs is 7. The molecule has 9 heteroatoms. The molecule has 0 heterocycles. The van der Waals surface area contributed by atoms with E-state index in [1.807, 2.05) is 13.0 Å². The fourth-order valence-corrected chi connectivity index (χ4v) is 11.6. The number of allylic oxidation sites excluding steroid dienone is 2.